The molecule has 0 aliphatic heterocycles. The summed E-state index contributed by atoms with van der Waals surface area (Å²) < 4.78 is 0. The van der Waals surface area contributed by atoms with Gasteiger partial charge in [0.25, 0.3) is 5.91 Å². The Morgan fingerprint density at radius 3 is 2.68 bits per heavy atom. The number of benzene rings is 1. The van der Waals surface area contributed by atoms with E-state index in [2.05, 4.69) is 27.5 Å². The van der Waals surface area contributed by atoms with E-state index in [1.54, 1.807) is 19.1 Å². The fourth-order valence-electron chi connectivity index (χ4n) is 2.29. The topological polar surface area (TPSA) is 66.9 Å². The third-order valence-corrected chi connectivity index (χ3v) is 4.19. The lowest BCUT2D eigenvalue weighted by Gasteiger charge is -2.10. The summed E-state index contributed by atoms with van der Waals surface area (Å²) >= 11 is 12.1. The number of halogens is 2. The maximum Gasteiger partial charge on any atom is 0.270 e. The lowest BCUT2D eigenvalue weighted by atomic mass is 10.1. The summed E-state index contributed by atoms with van der Waals surface area (Å²) in [7, 11) is 0. The zero-order valence-corrected chi connectivity index (χ0v) is 15.9. The molecule has 7 heteroatoms. The summed E-state index contributed by atoms with van der Waals surface area (Å²) in [5.74, 6) is 0.996. The zero-order chi connectivity index (χ0) is 18.2. The molecule has 0 spiro atoms. The monoisotopic (exact) mass is 380 g/mol. The van der Waals surface area contributed by atoms with Crippen LogP contribution in [0.5, 0.6) is 0 Å². The SMILES string of the molecule is CCCCNC(=O)c1cc(NCCc2ccc(Cl)cc2Cl)nc(C)n1. The molecule has 0 bridgehead atoms. The number of hydrogen-bond donors (Lipinski definition) is 2. The second-order valence-electron chi connectivity index (χ2n) is 5.71. The Labute approximate surface area is 158 Å². The van der Waals surface area contributed by atoms with Gasteiger partial charge in [0.15, 0.2) is 0 Å². The molecule has 2 rings (SSSR count). The number of rotatable bonds is 8. The molecule has 0 atom stereocenters. The van der Waals surface area contributed by atoms with Crippen LogP contribution in [-0.2, 0) is 6.42 Å². The van der Waals surface area contributed by atoms with Gasteiger partial charge in [0.1, 0.15) is 17.3 Å². The van der Waals surface area contributed by atoms with Gasteiger partial charge >= 0.3 is 0 Å². The van der Waals surface area contributed by atoms with Crippen LogP contribution in [0.15, 0.2) is 24.3 Å². The molecule has 0 aliphatic carbocycles. The minimum absolute atomic E-state index is 0.178. The number of amides is 1. The van der Waals surface area contributed by atoms with Gasteiger partial charge in [0, 0.05) is 29.2 Å². The number of carbonyl (C=O) groups excluding carboxylic acids is 1. The van der Waals surface area contributed by atoms with Gasteiger partial charge in [-0.15, -0.1) is 0 Å². The number of aryl methyl sites for hydroxylation is 1. The van der Waals surface area contributed by atoms with Crippen molar-refractivity contribution < 1.29 is 4.79 Å². The summed E-state index contributed by atoms with van der Waals surface area (Å²) in [6, 6.07) is 7.12. The highest BCUT2D eigenvalue weighted by Gasteiger charge is 2.10. The predicted molar refractivity (Wildman–Crippen MR) is 103 cm³/mol. The third-order valence-electron chi connectivity index (χ3n) is 3.60. The Hall–Kier alpha value is -1.85. The zero-order valence-electron chi connectivity index (χ0n) is 14.4. The smallest absolute Gasteiger partial charge is 0.270 e. The van der Waals surface area contributed by atoms with Crippen LogP contribution < -0.4 is 10.6 Å². The molecule has 1 amide bonds. The molecule has 134 valence electrons. The number of nitrogens with zero attached hydrogens (tertiary/aromatic N) is 2. The molecule has 0 unspecified atom stereocenters. The van der Waals surface area contributed by atoms with Gasteiger partial charge in [-0.25, -0.2) is 9.97 Å². The molecular formula is C18H22Cl2N4O. The van der Waals surface area contributed by atoms with Crippen LogP contribution in [0.25, 0.3) is 0 Å². The molecule has 1 heterocycles. The average Bonchev–Trinajstić information content (AvgIpc) is 2.56. The van der Waals surface area contributed by atoms with Crippen molar-refractivity contribution in [2.75, 3.05) is 18.4 Å². The third kappa shape index (κ3) is 6.18. The van der Waals surface area contributed by atoms with Crippen molar-refractivity contribution in [2.24, 2.45) is 0 Å². The summed E-state index contributed by atoms with van der Waals surface area (Å²) in [5.41, 5.74) is 1.37. The fraction of sp³-hybridized carbons (Fsp3) is 0.389. The van der Waals surface area contributed by atoms with E-state index in [9.17, 15) is 4.79 Å². The fourth-order valence-corrected chi connectivity index (χ4v) is 2.80. The molecule has 25 heavy (non-hydrogen) atoms. The molecule has 2 aromatic rings. The number of carbonyl (C=O) groups is 1. The minimum atomic E-state index is -0.178. The molecule has 1 aromatic heterocycles. The Bertz CT molecular complexity index is 737. The van der Waals surface area contributed by atoms with Gasteiger partial charge < -0.3 is 10.6 Å². The van der Waals surface area contributed by atoms with Crippen molar-refractivity contribution in [3.63, 3.8) is 0 Å². The van der Waals surface area contributed by atoms with Gasteiger partial charge in [-0.1, -0.05) is 42.6 Å². The Kier molecular flexibility index (Phi) is 7.47. The molecule has 1 aromatic carbocycles. The van der Waals surface area contributed by atoms with Gasteiger partial charge in [-0.2, -0.15) is 0 Å². The van der Waals surface area contributed by atoms with Crippen molar-refractivity contribution in [3.05, 3.63) is 51.4 Å². The normalized spacial score (nSPS) is 10.6. The second kappa shape index (κ2) is 9.59. The van der Waals surface area contributed by atoms with Gasteiger partial charge in [0.05, 0.1) is 0 Å². The number of unbranched alkanes of at least 4 members (excludes halogenated alkanes) is 1. The number of nitrogens with one attached hydrogen (secondary N) is 2. The van der Waals surface area contributed by atoms with Gasteiger partial charge in [-0.05, 0) is 37.5 Å². The van der Waals surface area contributed by atoms with Crippen LogP contribution in [0.4, 0.5) is 5.82 Å². The van der Waals surface area contributed by atoms with Crippen LogP contribution >= 0.6 is 23.2 Å². The standard InChI is InChI=1S/C18H22Cl2N4O/c1-3-4-8-22-18(25)16-11-17(24-12(2)23-16)21-9-7-13-5-6-14(19)10-15(13)20/h5-6,10-11H,3-4,7-9H2,1-2H3,(H,22,25)(H,21,23,24). The highest BCUT2D eigenvalue weighted by molar-refractivity contribution is 6.35. The maximum absolute atomic E-state index is 12.1. The number of anilines is 1. The molecular weight excluding hydrogens is 359 g/mol. The van der Waals surface area contributed by atoms with Gasteiger partial charge in [0.2, 0.25) is 0 Å². The average molecular weight is 381 g/mol. The molecule has 0 saturated heterocycles. The minimum Gasteiger partial charge on any atom is -0.370 e. The van der Waals surface area contributed by atoms with E-state index in [0.29, 0.717) is 40.5 Å². The quantitative estimate of drug-likeness (QED) is 0.670. The molecule has 0 fully saturated rings. The lowest BCUT2D eigenvalue weighted by molar-refractivity contribution is 0.0948. The van der Waals surface area contributed by atoms with E-state index >= 15 is 0 Å². The first-order chi connectivity index (χ1) is 12.0. The van der Waals surface area contributed by atoms with Gasteiger partial charge in [-0.3, -0.25) is 4.79 Å². The van der Waals surface area contributed by atoms with Crippen LogP contribution in [0.3, 0.4) is 0 Å². The van der Waals surface area contributed by atoms with E-state index in [-0.39, 0.29) is 5.91 Å². The number of aromatic nitrogens is 2. The second-order valence-corrected chi connectivity index (χ2v) is 6.55. The summed E-state index contributed by atoms with van der Waals surface area (Å²) in [5, 5.41) is 7.34. The molecule has 5 nitrogen and oxygen atoms in total. The molecule has 2 N–H and O–H groups in total. The Morgan fingerprint density at radius 1 is 1.16 bits per heavy atom. The van der Waals surface area contributed by atoms with Crippen molar-refractivity contribution in [1.29, 1.82) is 0 Å². The van der Waals surface area contributed by atoms with Crippen LogP contribution in [0.1, 0.15) is 41.6 Å². The van der Waals surface area contributed by atoms with Crippen LogP contribution in [0, 0.1) is 6.92 Å². The van der Waals surface area contributed by atoms with Crippen molar-refractivity contribution in [3.8, 4) is 0 Å². The van der Waals surface area contributed by atoms with Crippen molar-refractivity contribution in [2.45, 2.75) is 33.1 Å². The van der Waals surface area contributed by atoms with E-state index in [4.69, 9.17) is 23.2 Å². The van der Waals surface area contributed by atoms with E-state index < -0.39 is 0 Å². The van der Waals surface area contributed by atoms with E-state index in [1.807, 2.05) is 12.1 Å². The van der Waals surface area contributed by atoms with Crippen molar-refractivity contribution in [1.82, 2.24) is 15.3 Å². The summed E-state index contributed by atoms with van der Waals surface area (Å²) in [6.07, 6.45) is 2.70. The first-order valence-corrected chi connectivity index (χ1v) is 9.07. The van der Waals surface area contributed by atoms with Crippen LogP contribution in [0.2, 0.25) is 10.0 Å². The summed E-state index contributed by atoms with van der Waals surface area (Å²) in [6.45, 7) is 5.13. The highest BCUT2D eigenvalue weighted by atomic mass is 35.5. The molecule has 0 aliphatic rings. The number of hydrogen-bond acceptors (Lipinski definition) is 4. The van der Waals surface area contributed by atoms with Crippen LogP contribution in [-0.4, -0.2) is 29.0 Å². The van der Waals surface area contributed by atoms with Crippen molar-refractivity contribution >= 4 is 34.9 Å². The Balaban J connectivity index is 1.96. The Morgan fingerprint density at radius 2 is 1.96 bits per heavy atom. The molecule has 0 radical (unpaired) electrons. The summed E-state index contributed by atoms with van der Waals surface area (Å²) in [4.78, 5) is 20.7. The first-order valence-electron chi connectivity index (χ1n) is 8.31. The van der Waals surface area contributed by atoms with E-state index in [1.165, 1.54) is 0 Å². The highest BCUT2D eigenvalue weighted by Crippen LogP contribution is 2.21. The van der Waals surface area contributed by atoms with E-state index in [0.717, 1.165) is 24.8 Å². The predicted octanol–water partition coefficient (Wildman–Crippen LogP) is 4.28. The maximum atomic E-state index is 12.1. The molecule has 0 saturated carbocycles. The lowest BCUT2D eigenvalue weighted by Crippen LogP contribution is -2.26. The largest absolute Gasteiger partial charge is 0.370 e. The first kappa shape index (κ1) is 19.5.